The van der Waals surface area contributed by atoms with Gasteiger partial charge in [0.15, 0.2) is 0 Å². The van der Waals surface area contributed by atoms with Gasteiger partial charge in [0.2, 0.25) is 0 Å². The van der Waals surface area contributed by atoms with E-state index in [1.165, 1.54) is 24.3 Å². The lowest BCUT2D eigenvalue weighted by atomic mass is 10.1. The maximum atomic E-state index is 12.5. The van der Waals surface area contributed by atoms with E-state index in [2.05, 4.69) is 21.1 Å². The number of carbonyl (C=O) groups is 2. The summed E-state index contributed by atoms with van der Waals surface area (Å²) in [6.45, 7) is 3.83. The Morgan fingerprint density at radius 3 is 1.18 bits per heavy atom. The first kappa shape index (κ1) is 24.2. The predicted molar refractivity (Wildman–Crippen MR) is 131 cm³/mol. The van der Waals surface area contributed by atoms with E-state index in [4.69, 9.17) is 0 Å². The summed E-state index contributed by atoms with van der Waals surface area (Å²) in [6, 6.07) is 19.3. The van der Waals surface area contributed by atoms with Gasteiger partial charge >= 0.3 is 0 Å². The fourth-order valence-corrected chi connectivity index (χ4v) is 3.14. The van der Waals surface area contributed by atoms with E-state index in [9.17, 15) is 19.8 Å². The van der Waals surface area contributed by atoms with Crippen LogP contribution in [0.3, 0.4) is 0 Å². The molecule has 0 aliphatic heterocycles. The van der Waals surface area contributed by atoms with Gasteiger partial charge in [-0.15, -0.1) is 0 Å². The van der Waals surface area contributed by atoms with Crippen molar-refractivity contribution in [1.29, 1.82) is 0 Å². The first-order chi connectivity index (χ1) is 16.4. The summed E-state index contributed by atoms with van der Waals surface area (Å²) in [7, 11) is 0. The summed E-state index contributed by atoms with van der Waals surface area (Å²) < 4.78 is 0. The Hall–Kier alpha value is -4.46. The van der Waals surface area contributed by atoms with Gasteiger partial charge in [0.05, 0.1) is 11.4 Å². The first-order valence-corrected chi connectivity index (χ1v) is 10.8. The molecule has 0 aromatic heterocycles. The first-order valence-electron chi connectivity index (χ1n) is 10.8. The van der Waals surface area contributed by atoms with Crippen molar-refractivity contribution in [2.45, 2.75) is 26.7 Å². The van der Waals surface area contributed by atoms with Crippen molar-refractivity contribution < 1.29 is 19.8 Å². The minimum atomic E-state index is -0.407. The molecule has 0 fully saturated rings. The molecule has 0 saturated carbocycles. The monoisotopic (exact) mass is 458 g/mol. The Balaban J connectivity index is 1.64. The molecule has 8 nitrogen and oxygen atoms in total. The third kappa shape index (κ3) is 6.29. The fourth-order valence-electron chi connectivity index (χ4n) is 3.14. The Labute approximate surface area is 197 Å². The van der Waals surface area contributed by atoms with Crippen LogP contribution in [0.1, 0.15) is 58.5 Å². The molecule has 0 bridgehead atoms. The predicted octanol–water partition coefficient (Wildman–Crippen LogP) is 4.19. The van der Waals surface area contributed by atoms with Crippen LogP contribution < -0.4 is 10.9 Å². The van der Waals surface area contributed by atoms with Crippen molar-refractivity contribution in [2.24, 2.45) is 10.2 Å². The van der Waals surface area contributed by atoms with Crippen LogP contribution in [0.4, 0.5) is 0 Å². The molecule has 8 heteroatoms. The van der Waals surface area contributed by atoms with Crippen molar-refractivity contribution >= 4 is 23.2 Å². The number of hydrazone groups is 2. The van der Waals surface area contributed by atoms with Gasteiger partial charge in [-0.05, 0) is 96.8 Å². The summed E-state index contributed by atoms with van der Waals surface area (Å²) in [5.74, 6) is -0.501. The molecule has 0 unspecified atom stereocenters. The molecular weight excluding hydrogens is 432 g/mol. The average molecular weight is 459 g/mol. The van der Waals surface area contributed by atoms with Gasteiger partial charge in [-0.3, -0.25) is 9.59 Å². The van der Waals surface area contributed by atoms with Gasteiger partial charge in [-0.25, -0.2) is 10.9 Å². The van der Waals surface area contributed by atoms with E-state index in [1.807, 2.05) is 13.8 Å². The number of carbonyl (C=O) groups excluding carboxylic acids is 2. The van der Waals surface area contributed by atoms with E-state index in [0.717, 1.165) is 11.1 Å². The van der Waals surface area contributed by atoms with Crippen LogP contribution in [-0.4, -0.2) is 33.5 Å². The molecule has 2 amide bonds. The summed E-state index contributed by atoms with van der Waals surface area (Å²) in [5.41, 5.74) is 8.69. The fraction of sp³-hybridized carbons (Fsp3) is 0.154. The van der Waals surface area contributed by atoms with Crippen molar-refractivity contribution in [3.8, 4) is 11.5 Å². The highest BCUT2D eigenvalue weighted by Gasteiger charge is 2.10. The molecule has 3 rings (SSSR count). The molecule has 34 heavy (non-hydrogen) atoms. The van der Waals surface area contributed by atoms with Crippen LogP contribution in [0.5, 0.6) is 11.5 Å². The van der Waals surface area contributed by atoms with Gasteiger partial charge in [0.25, 0.3) is 11.8 Å². The van der Waals surface area contributed by atoms with E-state index in [0.29, 0.717) is 35.4 Å². The highest BCUT2D eigenvalue weighted by molar-refractivity contribution is 6.03. The zero-order valence-electron chi connectivity index (χ0n) is 18.9. The lowest BCUT2D eigenvalue weighted by Gasteiger charge is -2.07. The van der Waals surface area contributed by atoms with Crippen molar-refractivity contribution in [2.75, 3.05) is 0 Å². The Kier molecular flexibility index (Phi) is 8.12. The maximum Gasteiger partial charge on any atom is 0.271 e. The van der Waals surface area contributed by atoms with Gasteiger partial charge in [0.1, 0.15) is 11.5 Å². The lowest BCUT2D eigenvalue weighted by Crippen LogP contribution is -2.21. The third-order valence-corrected chi connectivity index (χ3v) is 5.06. The Morgan fingerprint density at radius 1 is 0.588 bits per heavy atom. The van der Waals surface area contributed by atoms with Crippen molar-refractivity contribution in [3.63, 3.8) is 0 Å². The van der Waals surface area contributed by atoms with Crippen molar-refractivity contribution in [3.05, 3.63) is 95.1 Å². The van der Waals surface area contributed by atoms with Gasteiger partial charge in [-0.1, -0.05) is 13.8 Å². The number of benzene rings is 3. The zero-order chi connectivity index (χ0) is 24.5. The van der Waals surface area contributed by atoms with Crippen LogP contribution in [-0.2, 0) is 0 Å². The lowest BCUT2D eigenvalue weighted by molar-refractivity contribution is 0.0943. The summed E-state index contributed by atoms with van der Waals surface area (Å²) in [5, 5.41) is 27.2. The number of nitrogens with zero attached hydrogens (tertiary/aromatic N) is 2. The number of hydrogen-bond donors (Lipinski definition) is 4. The van der Waals surface area contributed by atoms with Crippen LogP contribution >= 0.6 is 0 Å². The minimum absolute atomic E-state index is 0.157. The quantitative estimate of drug-likeness (QED) is 0.299. The average Bonchev–Trinajstić information content (AvgIpc) is 2.86. The second kappa shape index (κ2) is 11.4. The largest absolute Gasteiger partial charge is 0.508 e. The summed E-state index contributed by atoms with van der Waals surface area (Å²) in [6.07, 6.45) is 1.18. The number of phenolic OH excluding ortho intramolecular Hbond substituents is 2. The molecule has 3 aromatic rings. The second-order valence-electron chi connectivity index (χ2n) is 7.38. The van der Waals surface area contributed by atoms with Gasteiger partial charge < -0.3 is 10.2 Å². The van der Waals surface area contributed by atoms with Crippen LogP contribution in [0.2, 0.25) is 0 Å². The minimum Gasteiger partial charge on any atom is -0.508 e. The van der Waals surface area contributed by atoms with E-state index in [1.54, 1.807) is 48.5 Å². The van der Waals surface area contributed by atoms with Crippen LogP contribution in [0.15, 0.2) is 83.0 Å². The van der Waals surface area contributed by atoms with E-state index >= 15 is 0 Å². The van der Waals surface area contributed by atoms with E-state index in [-0.39, 0.29) is 11.5 Å². The molecule has 174 valence electrons. The maximum absolute atomic E-state index is 12.5. The summed E-state index contributed by atoms with van der Waals surface area (Å²) in [4.78, 5) is 24.9. The number of phenols is 2. The molecule has 0 atom stereocenters. The molecule has 3 aromatic carbocycles. The molecule has 0 saturated heterocycles. The van der Waals surface area contributed by atoms with Crippen LogP contribution in [0, 0.1) is 0 Å². The van der Waals surface area contributed by atoms with Gasteiger partial charge in [0, 0.05) is 11.1 Å². The second-order valence-corrected chi connectivity index (χ2v) is 7.38. The normalized spacial score (nSPS) is 11.7. The number of rotatable bonds is 8. The Bertz CT molecular complexity index is 1100. The number of amides is 2. The van der Waals surface area contributed by atoms with Crippen LogP contribution in [0.25, 0.3) is 0 Å². The number of hydrogen-bond acceptors (Lipinski definition) is 6. The molecular formula is C26H26N4O4. The van der Waals surface area contributed by atoms with Crippen molar-refractivity contribution in [1.82, 2.24) is 10.9 Å². The third-order valence-electron chi connectivity index (χ3n) is 5.06. The highest BCUT2D eigenvalue weighted by Crippen LogP contribution is 2.13. The topological polar surface area (TPSA) is 123 Å². The zero-order valence-corrected chi connectivity index (χ0v) is 18.9. The number of aromatic hydroxyl groups is 2. The molecule has 0 heterocycles. The summed E-state index contributed by atoms with van der Waals surface area (Å²) >= 11 is 0. The van der Waals surface area contributed by atoms with E-state index < -0.39 is 11.8 Å². The molecule has 0 spiro atoms. The highest BCUT2D eigenvalue weighted by atomic mass is 16.3. The molecule has 4 N–H and O–H groups in total. The SMILES string of the molecule is CC/C(=N\NC(=O)c1ccc(C(=O)N/N=C(\CC)c2ccc(O)cc2)cc1)c1ccc(O)cc1. The number of nitrogens with one attached hydrogen (secondary N) is 2. The Morgan fingerprint density at radius 2 is 0.882 bits per heavy atom. The smallest absolute Gasteiger partial charge is 0.271 e. The molecule has 0 aliphatic carbocycles. The molecule has 0 aliphatic rings. The molecule has 0 radical (unpaired) electrons. The standard InChI is InChI=1S/C26H26N4O4/c1-3-23(17-9-13-21(31)14-10-17)27-29-25(33)19-5-7-20(8-6-19)26(34)30-28-24(4-2)18-11-15-22(32)16-12-18/h5-16,31-32H,3-4H2,1-2H3,(H,29,33)(H,30,34)/b27-23+,28-24+. The van der Waals surface area contributed by atoms with Gasteiger partial charge in [-0.2, -0.15) is 10.2 Å².